The fourth-order valence-electron chi connectivity index (χ4n) is 2.29. The van der Waals surface area contributed by atoms with Gasteiger partial charge in [0.1, 0.15) is 0 Å². The molecule has 1 aliphatic carbocycles. The maximum Gasteiger partial charge on any atom is 0.226 e. The lowest BCUT2D eigenvalue weighted by Gasteiger charge is -2.32. The number of nitrogens with two attached hydrogens (primary N) is 1. The molecule has 0 spiro atoms. The maximum atomic E-state index is 12.0. The SMILES string of the molecule is N[C@H]1CCCN(C(=O)C2CC=CC2)C1. The summed E-state index contributed by atoms with van der Waals surface area (Å²) in [6.07, 6.45) is 8.17. The van der Waals surface area contributed by atoms with E-state index in [0.29, 0.717) is 5.91 Å². The van der Waals surface area contributed by atoms with Crippen LogP contribution in [0.2, 0.25) is 0 Å². The van der Waals surface area contributed by atoms with E-state index in [9.17, 15) is 4.79 Å². The van der Waals surface area contributed by atoms with E-state index in [2.05, 4.69) is 12.2 Å². The van der Waals surface area contributed by atoms with Crippen LogP contribution in [0.1, 0.15) is 25.7 Å². The highest BCUT2D eigenvalue weighted by Crippen LogP contribution is 2.22. The average Bonchev–Trinajstić information content (AvgIpc) is 2.69. The molecule has 0 aromatic heterocycles. The van der Waals surface area contributed by atoms with E-state index in [-0.39, 0.29) is 12.0 Å². The number of likely N-dealkylation sites (tertiary alicyclic amines) is 1. The molecule has 1 fully saturated rings. The third-order valence-corrected chi connectivity index (χ3v) is 3.13. The lowest BCUT2D eigenvalue weighted by molar-refractivity contribution is -0.136. The highest BCUT2D eigenvalue weighted by Gasteiger charge is 2.27. The molecule has 0 saturated carbocycles. The van der Waals surface area contributed by atoms with Crippen LogP contribution < -0.4 is 5.73 Å². The average molecular weight is 194 g/mol. The Morgan fingerprint density at radius 3 is 2.71 bits per heavy atom. The van der Waals surface area contributed by atoms with E-state index in [1.54, 1.807) is 0 Å². The van der Waals surface area contributed by atoms with Crippen molar-refractivity contribution in [3.63, 3.8) is 0 Å². The Balaban J connectivity index is 1.90. The Kier molecular flexibility index (Phi) is 2.87. The number of nitrogens with zero attached hydrogens (tertiary/aromatic N) is 1. The molecule has 2 aliphatic rings. The molecular weight excluding hydrogens is 176 g/mol. The first-order valence-electron chi connectivity index (χ1n) is 5.47. The number of rotatable bonds is 1. The van der Waals surface area contributed by atoms with Crippen LogP contribution in [0, 0.1) is 5.92 Å². The first-order chi connectivity index (χ1) is 6.77. The van der Waals surface area contributed by atoms with Gasteiger partial charge in [0.15, 0.2) is 0 Å². The van der Waals surface area contributed by atoms with Gasteiger partial charge in [-0.05, 0) is 25.7 Å². The van der Waals surface area contributed by atoms with E-state index in [1.165, 1.54) is 0 Å². The van der Waals surface area contributed by atoms with Crippen molar-refractivity contribution >= 4 is 5.91 Å². The molecule has 3 nitrogen and oxygen atoms in total. The molecule has 0 unspecified atom stereocenters. The van der Waals surface area contributed by atoms with Crippen molar-refractivity contribution in [2.45, 2.75) is 31.7 Å². The predicted octanol–water partition coefficient (Wildman–Crippen LogP) is 0.902. The van der Waals surface area contributed by atoms with Crippen LogP contribution in [-0.2, 0) is 4.79 Å². The molecule has 2 N–H and O–H groups in total. The number of allylic oxidation sites excluding steroid dienone is 2. The Morgan fingerprint density at radius 1 is 1.36 bits per heavy atom. The van der Waals surface area contributed by atoms with Crippen LogP contribution in [0.25, 0.3) is 0 Å². The number of hydrogen-bond acceptors (Lipinski definition) is 2. The third-order valence-electron chi connectivity index (χ3n) is 3.13. The summed E-state index contributed by atoms with van der Waals surface area (Å²) in [5.74, 6) is 0.519. The van der Waals surface area contributed by atoms with Crippen molar-refractivity contribution in [3.05, 3.63) is 12.2 Å². The molecule has 1 saturated heterocycles. The lowest BCUT2D eigenvalue weighted by atomic mass is 10.0. The van der Waals surface area contributed by atoms with Crippen molar-refractivity contribution in [1.29, 1.82) is 0 Å². The van der Waals surface area contributed by atoms with Crippen molar-refractivity contribution < 1.29 is 4.79 Å². The maximum absolute atomic E-state index is 12.0. The molecule has 2 rings (SSSR count). The van der Waals surface area contributed by atoms with Gasteiger partial charge in [-0.15, -0.1) is 0 Å². The van der Waals surface area contributed by atoms with Crippen LogP contribution in [0.5, 0.6) is 0 Å². The van der Waals surface area contributed by atoms with E-state index in [0.717, 1.165) is 38.8 Å². The zero-order valence-electron chi connectivity index (χ0n) is 8.48. The summed E-state index contributed by atoms with van der Waals surface area (Å²) in [5, 5.41) is 0. The monoisotopic (exact) mass is 194 g/mol. The van der Waals surface area contributed by atoms with Gasteiger partial charge in [0, 0.05) is 25.0 Å². The first kappa shape index (κ1) is 9.71. The molecular formula is C11H18N2O. The largest absolute Gasteiger partial charge is 0.341 e. The van der Waals surface area contributed by atoms with Gasteiger partial charge in [0.25, 0.3) is 0 Å². The smallest absolute Gasteiger partial charge is 0.226 e. The molecule has 1 atom stereocenters. The predicted molar refractivity (Wildman–Crippen MR) is 55.7 cm³/mol. The summed E-state index contributed by atoms with van der Waals surface area (Å²) in [4.78, 5) is 13.9. The van der Waals surface area contributed by atoms with Crippen molar-refractivity contribution in [1.82, 2.24) is 4.90 Å². The van der Waals surface area contributed by atoms with Crippen LogP contribution in [0.15, 0.2) is 12.2 Å². The number of carbonyl (C=O) groups is 1. The molecule has 0 aromatic carbocycles. The van der Waals surface area contributed by atoms with Crippen molar-refractivity contribution in [3.8, 4) is 0 Å². The van der Waals surface area contributed by atoms with Gasteiger partial charge in [-0.25, -0.2) is 0 Å². The second-order valence-corrected chi connectivity index (χ2v) is 4.33. The molecule has 14 heavy (non-hydrogen) atoms. The highest BCUT2D eigenvalue weighted by molar-refractivity contribution is 5.79. The number of amides is 1. The summed E-state index contributed by atoms with van der Waals surface area (Å²) in [5.41, 5.74) is 5.85. The summed E-state index contributed by atoms with van der Waals surface area (Å²) in [6.45, 7) is 1.67. The fraction of sp³-hybridized carbons (Fsp3) is 0.727. The zero-order chi connectivity index (χ0) is 9.97. The van der Waals surface area contributed by atoms with Gasteiger partial charge in [-0.1, -0.05) is 12.2 Å². The van der Waals surface area contributed by atoms with Crippen LogP contribution in [0.4, 0.5) is 0 Å². The molecule has 0 aromatic rings. The molecule has 3 heteroatoms. The summed E-state index contributed by atoms with van der Waals surface area (Å²) in [6, 6.07) is 0.196. The van der Waals surface area contributed by atoms with E-state index < -0.39 is 0 Å². The summed E-state index contributed by atoms with van der Waals surface area (Å²) >= 11 is 0. The standard InChI is InChI=1S/C11H18N2O/c12-10-6-3-7-13(8-10)11(14)9-4-1-2-5-9/h1-2,9-10H,3-8,12H2/t10-/m0/s1. The van der Waals surface area contributed by atoms with Gasteiger partial charge < -0.3 is 10.6 Å². The van der Waals surface area contributed by atoms with E-state index in [4.69, 9.17) is 5.73 Å². The lowest BCUT2D eigenvalue weighted by Crippen LogP contribution is -2.47. The Bertz CT molecular complexity index is 242. The van der Waals surface area contributed by atoms with Crippen LogP contribution in [-0.4, -0.2) is 29.9 Å². The minimum absolute atomic E-state index is 0.196. The Morgan fingerprint density at radius 2 is 2.07 bits per heavy atom. The van der Waals surface area contributed by atoms with Crippen molar-refractivity contribution in [2.75, 3.05) is 13.1 Å². The van der Waals surface area contributed by atoms with Crippen molar-refractivity contribution in [2.24, 2.45) is 11.7 Å². The molecule has 78 valence electrons. The first-order valence-corrected chi connectivity index (χ1v) is 5.47. The zero-order valence-corrected chi connectivity index (χ0v) is 8.48. The quantitative estimate of drug-likeness (QED) is 0.630. The second kappa shape index (κ2) is 4.13. The van der Waals surface area contributed by atoms with Gasteiger partial charge in [-0.2, -0.15) is 0 Å². The molecule has 1 amide bonds. The minimum atomic E-state index is 0.196. The van der Waals surface area contributed by atoms with Gasteiger partial charge >= 0.3 is 0 Å². The highest BCUT2D eigenvalue weighted by atomic mass is 16.2. The Hall–Kier alpha value is -0.830. The number of hydrogen-bond donors (Lipinski definition) is 1. The molecule has 1 aliphatic heterocycles. The Labute approximate surface area is 84.9 Å². The third kappa shape index (κ3) is 1.98. The molecule has 1 heterocycles. The van der Waals surface area contributed by atoms with Gasteiger partial charge in [0.05, 0.1) is 0 Å². The van der Waals surface area contributed by atoms with Gasteiger partial charge in [0.2, 0.25) is 5.91 Å². The van der Waals surface area contributed by atoms with E-state index in [1.807, 2.05) is 4.90 Å². The fourth-order valence-corrected chi connectivity index (χ4v) is 2.29. The number of piperidine rings is 1. The molecule has 0 radical (unpaired) electrons. The summed E-state index contributed by atoms with van der Waals surface area (Å²) < 4.78 is 0. The van der Waals surface area contributed by atoms with Crippen LogP contribution >= 0.6 is 0 Å². The summed E-state index contributed by atoms with van der Waals surface area (Å²) in [7, 11) is 0. The van der Waals surface area contributed by atoms with Gasteiger partial charge in [-0.3, -0.25) is 4.79 Å². The molecule has 0 bridgehead atoms. The van der Waals surface area contributed by atoms with E-state index >= 15 is 0 Å². The topological polar surface area (TPSA) is 46.3 Å². The number of carbonyl (C=O) groups excluding carboxylic acids is 1. The minimum Gasteiger partial charge on any atom is -0.341 e. The van der Waals surface area contributed by atoms with Crippen LogP contribution in [0.3, 0.4) is 0 Å². The second-order valence-electron chi connectivity index (χ2n) is 4.33. The normalized spacial score (nSPS) is 28.4.